The maximum atomic E-state index is 12.4. The first-order valence-electron chi connectivity index (χ1n) is 8.08. The highest BCUT2D eigenvalue weighted by Crippen LogP contribution is 2.35. The van der Waals surface area contributed by atoms with Gasteiger partial charge in [-0.25, -0.2) is 0 Å². The van der Waals surface area contributed by atoms with Crippen molar-refractivity contribution in [2.24, 2.45) is 0 Å². The number of rotatable bonds is 5. The molecule has 7 heteroatoms. The number of benzene rings is 2. The number of fused-ring (bicyclic) bond motifs is 1. The zero-order chi connectivity index (χ0) is 18.8. The van der Waals surface area contributed by atoms with Gasteiger partial charge in [-0.2, -0.15) is 0 Å². The highest BCUT2D eigenvalue weighted by atomic mass is 32.1. The minimum Gasteiger partial charge on any atom is -0.489 e. The van der Waals surface area contributed by atoms with Gasteiger partial charge in [0.15, 0.2) is 5.76 Å². The molecule has 4 rings (SSSR count). The molecule has 1 aliphatic rings. The van der Waals surface area contributed by atoms with Gasteiger partial charge in [0.2, 0.25) is 5.78 Å². The summed E-state index contributed by atoms with van der Waals surface area (Å²) >= 11 is 1.53. The van der Waals surface area contributed by atoms with Gasteiger partial charge in [-0.1, -0.05) is 6.07 Å². The van der Waals surface area contributed by atoms with Crippen LogP contribution in [0.5, 0.6) is 11.5 Å². The van der Waals surface area contributed by atoms with E-state index in [4.69, 9.17) is 9.47 Å². The molecule has 0 fully saturated rings. The van der Waals surface area contributed by atoms with E-state index in [9.17, 15) is 14.9 Å². The molecular formula is C20H13NO5S. The number of thiophene rings is 1. The van der Waals surface area contributed by atoms with E-state index in [2.05, 4.69) is 0 Å². The van der Waals surface area contributed by atoms with Crippen molar-refractivity contribution in [2.45, 2.75) is 6.61 Å². The maximum absolute atomic E-state index is 12.4. The molecule has 27 heavy (non-hydrogen) atoms. The van der Waals surface area contributed by atoms with Crippen molar-refractivity contribution in [3.05, 3.63) is 91.9 Å². The molecule has 1 aromatic heterocycles. The summed E-state index contributed by atoms with van der Waals surface area (Å²) in [5.74, 6) is 1.15. The summed E-state index contributed by atoms with van der Waals surface area (Å²) in [7, 11) is 0. The van der Waals surface area contributed by atoms with Crippen LogP contribution in [0.3, 0.4) is 0 Å². The van der Waals surface area contributed by atoms with E-state index in [0.29, 0.717) is 22.8 Å². The molecule has 0 saturated carbocycles. The Morgan fingerprint density at radius 3 is 2.67 bits per heavy atom. The van der Waals surface area contributed by atoms with E-state index in [-0.39, 0.29) is 18.1 Å². The van der Waals surface area contributed by atoms with E-state index in [1.54, 1.807) is 36.4 Å². The minimum absolute atomic E-state index is 0.0354. The van der Waals surface area contributed by atoms with Crippen LogP contribution in [0.25, 0.3) is 6.08 Å². The number of nitrogens with zero attached hydrogens (tertiary/aromatic N) is 1. The van der Waals surface area contributed by atoms with E-state index >= 15 is 0 Å². The fraction of sp³-hybridized carbons (Fsp3) is 0.0500. The summed E-state index contributed by atoms with van der Waals surface area (Å²) in [4.78, 5) is 23.6. The van der Waals surface area contributed by atoms with Crippen molar-refractivity contribution in [3.63, 3.8) is 0 Å². The third kappa shape index (κ3) is 3.58. The number of allylic oxidation sites excluding steroid dienone is 1. The molecule has 2 aromatic carbocycles. The van der Waals surface area contributed by atoms with Crippen molar-refractivity contribution in [3.8, 4) is 11.5 Å². The number of nitro groups is 1. The molecular weight excluding hydrogens is 366 g/mol. The van der Waals surface area contributed by atoms with E-state index in [1.165, 1.54) is 23.5 Å². The largest absolute Gasteiger partial charge is 0.489 e. The molecule has 3 aromatic rings. The van der Waals surface area contributed by atoms with E-state index in [1.807, 2.05) is 17.5 Å². The third-order valence-electron chi connectivity index (χ3n) is 4.01. The lowest BCUT2D eigenvalue weighted by molar-refractivity contribution is -0.384. The molecule has 0 amide bonds. The number of ether oxygens (including phenoxy) is 2. The van der Waals surface area contributed by atoms with Crippen LogP contribution in [0, 0.1) is 10.1 Å². The molecule has 2 heterocycles. The monoisotopic (exact) mass is 379 g/mol. The normalized spacial score (nSPS) is 14.1. The average Bonchev–Trinajstić information content (AvgIpc) is 3.29. The van der Waals surface area contributed by atoms with Gasteiger partial charge in [-0.15, -0.1) is 11.3 Å². The Kier molecular flexibility index (Phi) is 4.43. The Bertz CT molecular complexity index is 1040. The molecule has 0 N–H and O–H groups in total. The molecule has 0 aliphatic carbocycles. The second-order valence-corrected chi connectivity index (χ2v) is 6.80. The summed E-state index contributed by atoms with van der Waals surface area (Å²) in [6, 6.07) is 15.0. The van der Waals surface area contributed by atoms with Crippen LogP contribution in [0.4, 0.5) is 5.69 Å². The fourth-order valence-electron chi connectivity index (χ4n) is 2.64. The minimum atomic E-state index is -0.444. The maximum Gasteiger partial charge on any atom is 0.269 e. The van der Waals surface area contributed by atoms with Gasteiger partial charge < -0.3 is 9.47 Å². The molecule has 0 spiro atoms. The Morgan fingerprint density at radius 1 is 1.15 bits per heavy atom. The summed E-state index contributed by atoms with van der Waals surface area (Å²) in [6.45, 7) is 0.253. The number of ketones is 1. The predicted octanol–water partition coefficient (Wildman–Crippen LogP) is 4.85. The molecule has 134 valence electrons. The molecule has 0 radical (unpaired) electrons. The fourth-order valence-corrected chi connectivity index (χ4v) is 3.29. The van der Waals surface area contributed by atoms with Crippen molar-refractivity contribution in [1.82, 2.24) is 0 Å². The van der Waals surface area contributed by atoms with Gasteiger partial charge in [0.25, 0.3) is 5.69 Å². The van der Waals surface area contributed by atoms with Crippen LogP contribution < -0.4 is 9.47 Å². The summed E-state index contributed by atoms with van der Waals surface area (Å²) < 4.78 is 11.4. The molecule has 0 saturated heterocycles. The van der Waals surface area contributed by atoms with Crippen molar-refractivity contribution in [2.75, 3.05) is 0 Å². The lowest BCUT2D eigenvalue weighted by Gasteiger charge is -2.07. The zero-order valence-electron chi connectivity index (χ0n) is 14.0. The Morgan fingerprint density at radius 2 is 1.96 bits per heavy atom. The first-order chi connectivity index (χ1) is 13.1. The Hall–Kier alpha value is -3.45. The molecule has 6 nitrogen and oxygen atoms in total. The van der Waals surface area contributed by atoms with E-state index in [0.717, 1.165) is 10.4 Å². The van der Waals surface area contributed by atoms with Gasteiger partial charge in [-0.3, -0.25) is 14.9 Å². The van der Waals surface area contributed by atoms with Gasteiger partial charge in [0.1, 0.15) is 18.1 Å². The first-order valence-corrected chi connectivity index (χ1v) is 8.96. The van der Waals surface area contributed by atoms with Crippen LogP contribution in [0.2, 0.25) is 0 Å². The highest BCUT2D eigenvalue weighted by molar-refractivity contribution is 7.10. The molecule has 0 unspecified atom stereocenters. The smallest absolute Gasteiger partial charge is 0.269 e. The van der Waals surface area contributed by atoms with Crippen LogP contribution in [-0.2, 0) is 6.61 Å². The van der Waals surface area contributed by atoms with Gasteiger partial charge >= 0.3 is 0 Å². The van der Waals surface area contributed by atoms with Crippen molar-refractivity contribution >= 4 is 28.9 Å². The highest BCUT2D eigenvalue weighted by Gasteiger charge is 2.27. The lowest BCUT2D eigenvalue weighted by atomic mass is 10.1. The second-order valence-electron chi connectivity index (χ2n) is 5.83. The van der Waals surface area contributed by atoms with Crippen molar-refractivity contribution < 1.29 is 19.2 Å². The van der Waals surface area contributed by atoms with Gasteiger partial charge in [0, 0.05) is 29.2 Å². The Labute approximate surface area is 158 Å². The number of nitro benzene ring substituents is 1. The van der Waals surface area contributed by atoms with Crippen LogP contribution >= 0.6 is 11.3 Å². The first kappa shape index (κ1) is 17.0. The van der Waals surface area contributed by atoms with Crippen LogP contribution in [0.15, 0.2) is 65.7 Å². The summed E-state index contributed by atoms with van der Waals surface area (Å²) in [6.07, 6.45) is 1.73. The average molecular weight is 379 g/mol. The number of hydrogen-bond acceptors (Lipinski definition) is 6. The molecule has 0 bridgehead atoms. The predicted molar refractivity (Wildman–Crippen MR) is 101 cm³/mol. The SMILES string of the molecule is O=C1C(=Cc2cccs2)Oc2cc(OCc3ccc([N+](=O)[O-])cc3)ccc21. The van der Waals surface area contributed by atoms with Crippen LogP contribution in [-0.4, -0.2) is 10.7 Å². The summed E-state index contributed by atoms with van der Waals surface area (Å²) in [5, 5.41) is 12.6. The number of Topliss-reactive ketones (excluding diaryl/α,β-unsaturated/α-hetero) is 1. The molecule has 1 aliphatic heterocycles. The zero-order valence-corrected chi connectivity index (χ0v) is 14.8. The third-order valence-corrected chi connectivity index (χ3v) is 4.83. The standard InChI is InChI=1S/C20H13NO5S/c22-20-17-8-7-15(25-12-13-3-5-14(6-4-13)21(23)24)10-18(17)26-19(20)11-16-2-1-9-27-16/h1-11H,12H2. The topological polar surface area (TPSA) is 78.7 Å². The molecule has 0 atom stereocenters. The van der Waals surface area contributed by atoms with Crippen LogP contribution in [0.1, 0.15) is 20.8 Å². The lowest BCUT2D eigenvalue weighted by Crippen LogP contribution is -1.97. The second kappa shape index (κ2) is 7.05. The quantitative estimate of drug-likeness (QED) is 0.360. The number of non-ortho nitro benzene ring substituents is 1. The number of carbonyl (C=O) groups is 1. The van der Waals surface area contributed by atoms with E-state index < -0.39 is 4.92 Å². The van der Waals surface area contributed by atoms with Gasteiger partial charge in [0.05, 0.1) is 10.5 Å². The van der Waals surface area contributed by atoms with Crippen molar-refractivity contribution in [1.29, 1.82) is 0 Å². The Balaban J connectivity index is 1.47. The number of carbonyl (C=O) groups excluding carboxylic acids is 1. The van der Waals surface area contributed by atoms with Gasteiger partial charge in [-0.05, 0) is 41.3 Å². The summed E-state index contributed by atoms with van der Waals surface area (Å²) in [5.41, 5.74) is 1.34. The number of hydrogen-bond donors (Lipinski definition) is 0.